The second-order valence-corrected chi connectivity index (χ2v) is 4.76. The van der Waals surface area contributed by atoms with Crippen molar-refractivity contribution in [1.82, 2.24) is 24.9 Å². The molecule has 3 rings (SSSR count). The van der Waals surface area contributed by atoms with E-state index in [9.17, 15) is 4.79 Å². The summed E-state index contributed by atoms with van der Waals surface area (Å²) in [7, 11) is 0. The minimum atomic E-state index is -0.330. The number of hydrazine groups is 1. The molecule has 0 unspecified atom stereocenters. The van der Waals surface area contributed by atoms with E-state index < -0.39 is 0 Å². The second-order valence-electron chi connectivity index (χ2n) is 4.76. The van der Waals surface area contributed by atoms with Gasteiger partial charge in [-0.2, -0.15) is 0 Å². The Labute approximate surface area is 116 Å². The number of nitrogens with two attached hydrogens (primary N) is 1. The van der Waals surface area contributed by atoms with Gasteiger partial charge >= 0.3 is 0 Å². The molecule has 3 N–H and O–H groups in total. The number of carbonyl (C=O) groups excluding carboxylic acids is 1. The van der Waals surface area contributed by atoms with Gasteiger partial charge in [0.25, 0.3) is 5.91 Å². The summed E-state index contributed by atoms with van der Waals surface area (Å²) < 4.78 is 2.17. The number of nitrogens with one attached hydrogen (secondary N) is 1. The summed E-state index contributed by atoms with van der Waals surface area (Å²) in [6, 6.07) is 3.58. The zero-order valence-corrected chi connectivity index (χ0v) is 11.0. The van der Waals surface area contributed by atoms with Crippen molar-refractivity contribution in [3.05, 3.63) is 47.8 Å². The molecule has 2 aromatic heterocycles. The molecule has 0 aliphatic carbocycles. The maximum Gasteiger partial charge on any atom is 0.266 e. The van der Waals surface area contributed by atoms with Crippen LogP contribution < -0.4 is 11.3 Å². The summed E-state index contributed by atoms with van der Waals surface area (Å²) in [5.41, 5.74) is 3.48. The monoisotopic (exact) mass is 272 g/mol. The summed E-state index contributed by atoms with van der Waals surface area (Å²) in [5, 5.41) is 0. The molecule has 1 aliphatic heterocycles. The molecule has 0 spiro atoms. The van der Waals surface area contributed by atoms with Crippen LogP contribution in [0.15, 0.2) is 30.7 Å². The average molecular weight is 272 g/mol. The third kappa shape index (κ3) is 2.54. The molecule has 7 nitrogen and oxygen atoms in total. The Morgan fingerprint density at radius 2 is 2.25 bits per heavy atom. The molecule has 3 heterocycles. The second kappa shape index (κ2) is 5.40. The van der Waals surface area contributed by atoms with E-state index in [-0.39, 0.29) is 5.91 Å². The number of carbonyl (C=O) groups is 1. The van der Waals surface area contributed by atoms with Crippen LogP contribution in [-0.2, 0) is 19.6 Å². The van der Waals surface area contributed by atoms with E-state index >= 15 is 0 Å². The lowest BCUT2D eigenvalue weighted by molar-refractivity contribution is 0.0953. The maximum atomic E-state index is 11.3. The SMILES string of the molecule is NNC(=O)c1ccc(CN2CCn3ccnc3C2)nc1. The van der Waals surface area contributed by atoms with Crippen LogP contribution in [0, 0.1) is 0 Å². The molecule has 0 fully saturated rings. The molecule has 1 aliphatic rings. The highest BCUT2D eigenvalue weighted by atomic mass is 16.2. The molecule has 104 valence electrons. The fourth-order valence-corrected chi connectivity index (χ4v) is 2.32. The highest BCUT2D eigenvalue weighted by molar-refractivity contribution is 5.93. The summed E-state index contributed by atoms with van der Waals surface area (Å²) in [4.78, 5) is 22.2. The van der Waals surface area contributed by atoms with Crippen molar-refractivity contribution < 1.29 is 4.79 Å². The van der Waals surface area contributed by atoms with Crippen molar-refractivity contribution in [2.24, 2.45) is 5.84 Å². The van der Waals surface area contributed by atoms with Gasteiger partial charge in [0.1, 0.15) is 5.82 Å². The van der Waals surface area contributed by atoms with Gasteiger partial charge < -0.3 is 4.57 Å². The Bertz CT molecular complexity index is 606. The van der Waals surface area contributed by atoms with Gasteiger partial charge in [0.2, 0.25) is 0 Å². The smallest absolute Gasteiger partial charge is 0.266 e. The summed E-state index contributed by atoms with van der Waals surface area (Å²) >= 11 is 0. The van der Waals surface area contributed by atoms with Crippen molar-refractivity contribution in [3.8, 4) is 0 Å². The van der Waals surface area contributed by atoms with Crippen LogP contribution in [0.1, 0.15) is 21.9 Å². The molecule has 0 atom stereocenters. The molecule has 0 bridgehead atoms. The standard InChI is InChI=1S/C13H16N6O/c14-17-13(20)10-1-2-11(16-7-10)8-18-5-6-19-4-3-15-12(19)9-18/h1-4,7H,5-6,8-9,14H2,(H,17,20). The van der Waals surface area contributed by atoms with Crippen LogP contribution in [-0.4, -0.2) is 31.9 Å². The zero-order chi connectivity index (χ0) is 13.9. The fourth-order valence-electron chi connectivity index (χ4n) is 2.32. The van der Waals surface area contributed by atoms with Gasteiger partial charge in [-0.05, 0) is 12.1 Å². The fraction of sp³-hybridized carbons (Fsp3) is 0.308. The van der Waals surface area contributed by atoms with Gasteiger partial charge in [0.05, 0.1) is 17.8 Å². The normalized spacial score (nSPS) is 14.8. The van der Waals surface area contributed by atoms with E-state index in [4.69, 9.17) is 5.84 Å². The van der Waals surface area contributed by atoms with E-state index in [2.05, 4.69) is 24.9 Å². The zero-order valence-electron chi connectivity index (χ0n) is 11.0. The molecular weight excluding hydrogens is 256 g/mol. The maximum absolute atomic E-state index is 11.3. The number of aromatic nitrogens is 3. The molecule has 7 heteroatoms. The van der Waals surface area contributed by atoms with Gasteiger partial charge in [0, 0.05) is 38.2 Å². The number of nitrogens with zero attached hydrogens (tertiary/aromatic N) is 4. The molecule has 20 heavy (non-hydrogen) atoms. The van der Waals surface area contributed by atoms with Crippen molar-refractivity contribution in [1.29, 1.82) is 0 Å². The lowest BCUT2D eigenvalue weighted by atomic mass is 10.2. The van der Waals surface area contributed by atoms with Crippen LogP contribution in [0.3, 0.4) is 0 Å². The predicted molar refractivity (Wildman–Crippen MR) is 72.2 cm³/mol. The van der Waals surface area contributed by atoms with Crippen LogP contribution in [0.25, 0.3) is 0 Å². The first-order valence-electron chi connectivity index (χ1n) is 6.44. The van der Waals surface area contributed by atoms with Gasteiger partial charge in [-0.25, -0.2) is 10.8 Å². The number of hydrogen-bond acceptors (Lipinski definition) is 5. The summed E-state index contributed by atoms with van der Waals surface area (Å²) in [6.07, 6.45) is 5.38. The minimum Gasteiger partial charge on any atom is -0.333 e. The number of pyridine rings is 1. The Morgan fingerprint density at radius 3 is 3.00 bits per heavy atom. The average Bonchev–Trinajstić information content (AvgIpc) is 2.95. The molecule has 0 aromatic carbocycles. The quantitative estimate of drug-likeness (QED) is 0.462. The lowest BCUT2D eigenvalue weighted by Crippen LogP contribution is -2.33. The first-order chi connectivity index (χ1) is 9.76. The number of nitrogen functional groups attached to an aromatic ring is 1. The van der Waals surface area contributed by atoms with Gasteiger partial charge in [-0.15, -0.1) is 0 Å². The Morgan fingerprint density at radius 1 is 1.35 bits per heavy atom. The number of amides is 1. The third-order valence-electron chi connectivity index (χ3n) is 3.43. The van der Waals surface area contributed by atoms with Gasteiger partial charge in [0.15, 0.2) is 0 Å². The predicted octanol–water partition coefficient (Wildman–Crippen LogP) is -0.103. The van der Waals surface area contributed by atoms with Gasteiger partial charge in [-0.3, -0.25) is 20.1 Å². The van der Waals surface area contributed by atoms with Gasteiger partial charge in [-0.1, -0.05) is 0 Å². The first kappa shape index (κ1) is 12.8. The van der Waals surface area contributed by atoms with E-state index in [0.717, 1.165) is 37.7 Å². The van der Waals surface area contributed by atoms with Crippen LogP contribution in [0.4, 0.5) is 0 Å². The number of fused-ring (bicyclic) bond motifs is 1. The molecule has 0 saturated heterocycles. The molecule has 2 aromatic rings. The highest BCUT2D eigenvalue weighted by Gasteiger charge is 2.17. The largest absolute Gasteiger partial charge is 0.333 e. The third-order valence-corrected chi connectivity index (χ3v) is 3.43. The van der Waals surface area contributed by atoms with Crippen molar-refractivity contribution in [3.63, 3.8) is 0 Å². The highest BCUT2D eigenvalue weighted by Crippen LogP contribution is 2.13. The van der Waals surface area contributed by atoms with Crippen molar-refractivity contribution >= 4 is 5.91 Å². The summed E-state index contributed by atoms with van der Waals surface area (Å²) in [6.45, 7) is 3.48. The Hall–Kier alpha value is -2.25. The summed E-state index contributed by atoms with van der Waals surface area (Å²) in [5.74, 6) is 5.83. The van der Waals surface area contributed by atoms with E-state index in [1.165, 1.54) is 0 Å². The van der Waals surface area contributed by atoms with E-state index in [0.29, 0.717) is 5.56 Å². The van der Waals surface area contributed by atoms with Crippen molar-refractivity contribution in [2.75, 3.05) is 6.54 Å². The molecule has 0 saturated carbocycles. The van der Waals surface area contributed by atoms with E-state index in [1.807, 2.05) is 18.5 Å². The first-order valence-corrected chi connectivity index (χ1v) is 6.44. The topological polar surface area (TPSA) is 89.1 Å². The number of imidazole rings is 1. The van der Waals surface area contributed by atoms with Crippen molar-refractivity contribution in [2.45, 2.75) is 19.6 Å². The molecule has 1 amide bonds. The molecular formula is C13H16N6O. The number of rotatable bonds is 3. The Balaban J connectivity index is 1.65. The lowest BCUT2D eigenvalue weighted by Gasteiger charge is -2.27. The Kier molecular flexibility index (Phi) is 3.44. The molecule has 0 radical (unpaired) electrons. The van der Waals surface area contributed by atoms with Crippen LogP contribution in [0.2, 0.25) is 0 Å². The van der Waals surface area contributed by atoms with E-state index in [1.54, 1.807) is 12.3 Å². The number of hydrogen-bond donors (Lipinski definition) is 2. The van der Waals surface area contributed by atoms with Crippen LogP contribution >= 0.6 is 0 Å². The van der Waals surface area contributed by atoms with Crippen LogP contribution in [0.5, 0.6) is 0 Å². The minimum absolute atomic E-state index is 0.330.